The minimum atomic E-state index is -0.433. The molecule has 1 spiro atoms. The molecule has 1 atom stereocenters. The van der Waals surface area contributed by atoms with E-state index in [9.17, 15) is 0 Å². The van der Waals surface area contributed by atoms with Gasteiger partial charge in [-0.25, -0.2) is 4.98 Å². The lowest BCUT2D eigenvalue weighted by atomic mass is 9.66. The SMILES string of the molecule is c1ccc(-c2cc(-c3ccc(-c4cccc(C5Nc6ccccc6-c6cc7c(cc65)-c5ccccc5C75c6ccccc6Sc6ccccc65)c4)cc3)cc(-c3ccccn3)n2)nc1. The molecule has 13 rings (SSSR count). The Labute approximate surface area is 376 Å². The van der Waals surface area contributed by atoms with E-state index in [1.54, 1.807) is 0 Å². The monoisotopic (exact) mass is 834 g/mol. The fourth-order valence-corrected chi connectivity index (χ4v) is 11.7. The molecule has 4 nitrogen and oxygen atoms in total. The molecular weight excluding hydrogens is 797 g/mol. The predicted molar refractivity (Wildman–Crippen MR) is 260 cm³/mol. The van der Waals surface area contributed by atoms with Gasteiger partial charge in [0.1, 0.15) is 0 Å². The largest absolute Gasteiger partial charge is 0.374 e. The minimum Gasteiger partial charge on any atom is -0.374 e. The zero-order valence-corrected chi connectivity index (χ0v) is 35.4. The summed E-state index contributed by atoms with van der Waals surface area (Å²) in [5.74, 6) is 0. The van der Waals surface area contributed by atoms with Crippen LogP contribution >= 0.6 is 11.8 Å². The summed E-state index contributed by atoms with van der Waals surface area (Å²) in [6.07, 6.45) is 3.62. The normalized spacial score (nSPS) is 14.6. The molecule has 1 N–H and O–H groups in total. The number of anilines is 1. The quantitative estimate of drug-likeness (QED) is 0.187. The predicted octanol–water partition coefficient (Wildman–Crippen LogP) is 14.5. The number of hydrogen-bond donors (Lipinski definition) is 1. The maximum atomic E-state index is 4.99. The lowest BCUT2D eigenvalue weighted by Crippen LogP contribution is -2.32. The molecule has 0 bridgehead atoms. The molecule has 10 aromatic rings. The van der Waals surface area contributed by atoms with Gasteiger partial charge < -0.3 is 5.32 Å². The highest BCUT2D eigenvalue weighted by Crippen LogP contribution is 2.63. The Balaban J connectivity index is 0.925. The van der Waals surface area contributed by atoms with Gasteiger partial charge in [-0.05, 0) is 145 Å². The number of pyridine rings is 3. The third kappa shape index (κ3) is 5.67. The summed E-state index contributed by atoms with van der Waals surface area (Å²) in [5.41, 5.74) is 21.5. The van der Waals surface area contributed by atoms with Crippen LogP contribution in [0.4, 0.5) is 5.69 Å². The van der Waals surface area contributed by atoms with Crippen molar-refractivity contribution in [3.8, 4) is 67.3 Å². The van der Waals surface area contributed by atoms with Crippen LogP contribution < -0.4 is 5.32 Å². The number of nitrogens with zero attached hydrogens (tertiary/aromatic N) is 3. The van der Waals surface area contributed by atoms with E-state index in [0.29, 0.717) is 0 Å². The Bertz CT molecular complexity index is 3350. The van der Waals surface area contributed by atoms with Gasteiger partial charge in [-0.2, -0.15) is 0 Å². The first-order chi connectivity index (χ1) is 31.7. The number of para-hydroxylation sites is 1. The fourth-order valence-electron chi connectivity index (χ4n) is 10.5. The van der Waals surface area contributed by atoms with E-state index in [4.69, 9.17) is 4.98 Å². The van der Waals surface area contributed by atoms with Gasteiger partial charge in [0.15, 0.2) is 0 Å². The zero-order chi connectivity index (χ0) is 42.2. The lowest BCUT2D eigenvalue weighted by Gasteiger charge is -2.40. The van der Waals surface area contributed by atoms with Crippen LogP contribution in [0.3, 0.4) is 0 Å². The highest BCUT2D eigenvalue weighted by atomic mass is 32.2. The lowest BCUT2D eigenvalue weighted by molar-refractivity contribution is 0.722. The molecule has 300 valence electrons. The van der Waals surface area contributed by atoms with Crippen molar-refractivity contribution in [1.82, 2.24) is 15.0 Å². The molecular formula is C59H38N4S. The Morgan fingerprint density at radius 3 is 1.66 bits per heavy atom. The third-order valence-electron chi connectivity index (χ3n) is 13.3. The third-order valence-corrected chi connectivity index (χ3v) is 14.4. The second-order valence-corrected chi connectivity index (χ2v) is 17.8. The molecule has 7 aromatic carbocycles. The van der Waals surface area contributed by atoms with Crippen LogP contribution in [0, 0.1) is 0 Å². The molecule has 0 radical (unpaired) electrons. The van der Waals surface area contributed by atoms with E-state index in [1.807, 2.05) is 60.6 Å². The number of fused-ring (bicyclic) bond motifs is 12. The van der Waals surface area contributed by atoms with Gasteiger partial charge in [-0.3, -0.25) is 9.97 Å². The van der Waals surface area contributed by atoms with Crippen LogP contribution in [0.15, 0.2) is 228 Å². The van der Waals surface area contributed by atoms with Crippen LogP contribution in [-0.2, 0) is 5.41 Å². The van der Waals surface area contributed by atoms with Crippen molar-refractivity contribution in [2.75, 3.05) is 5.32 Å². The summed E-state index contributed by atoms with van der Waals surface area (Å²) < 4.78 is 0. The second kappa shape index (κ2) is 14.6. The van der Waals surface area contributed by atoms with Crippen molar-refractivity contribution in [3.05, 3.63) is 252 Å². The van der Waals surface area contributed by atoms with Crippen molar-refractivity contribution in [2.24, 2.45) is 0 Å². The first kappa shape index (κ1) is 36.8. The molecule has 3 aromatic heterocycles. The van der Waals surface area contributed by atoms with E-state index < -0.39 is 5.41 Å². The second-order valence-electron chi connectivity index (χ2n) is 16.8. The average Bonchev–Trinajstić information content (AvgIpc) is 3.65. The molecule has 3 aliphatic rings. The number of rotatable bonds is 5. The molecule has 5 heterocycles. The van der Waals surface area contributed by atoms with Gasteiger partial charge in [0, 0.05) is 33.4 Å². The van der Waals surface area contributed by atoms with Crippen LogP contribution in [-0.4, -0.2) is 15.0 Å². The van der Waals surface area contributed by atoms with Crippen LogP contribution in [0.1, 0.15) is 39.4 Å². The fraction of sp³-hybridized carbons (Fsp3) is 0.0339. The molecule has 1 aliphatic carbocycles. The van der Waals surface area contributed by atoms with Gasteiger partial charge in [0.25, 0.3) is 0 Å². The van der Waals surface area contributed by atoms with Crippen LogP contribution in [0.25, 0.3) is 67.3 Å². The van der Waals surface area contributed by atoms with Crippen LogP contribution in [0.5, 0.6) is 0 Å². The summed E-state index contributed by atoms with van der Waals surface area (Å²) in [5, 5.41) is 4.01. The van der Waals surface area contributed by atoms with Gasteiger partial charge in [0.2, 0.25) is 0 Å². The van der Waals surface area contributed by atoms with Crippen molar-refractivity contribution >= 4 is 17.4 Å². The standard InChI is InChI=1S/C59H38N4S/c1-3-18-47-42(16-1)45-35-46-44(36-50(45)59(47)48-19-4-7-24-56(48)64-57-25-8-5-20-49(57)59)43-17-2-6-21-51(43)63-58(46)40-15-13-14-39(32-40)37-26-28-38(29-27-37)41-33-54(52-22-9-11-30-60-52)62-55(34-41)53-23-10-12-31-61-53/h1-36,58,63H. The summed E-state index contributed by atoms with van der Waals surface area (Å²) in [6.45, 7) is 0. The molecule has 2 aliphatic heterocycles. The Hall–Kier alpha value is -7.86. The van der Waals surface area contributed by atoms with Crippen molar-refractivity contribution < 1.29 is 0 Å². The van der Waals surface area contributed by atoms with E-state index in [-0.39, 0.29) is 6.04 Å². The number of aromatic nitrogens is 3. The maximum absolute atomic E-state index is 4.99. The first-order valence-electron chi connectivity index (χ1n) is 21.8. The van der Waals surface area contributed by atoms with Gasteiger partial charge >= 0.3 is 0 Å². The van der Waals surface area contributed by atoms with Crippen molar-refractivity contribution in [2.45, 2.75) is 21.2 Å². The van der Waals surface area contributed by atoms with Crippen molar-refractivity contribution in [1.29, 1.82) is 0 Å². The highest BCUT2D eigenvalue weighted by Gasteiger charge is 2.50. The Morgan fingerprint density at radius 2 is 0.984 bits per heavy atom. The first-order valence-corrected chi connectivity index (χ1v) is 22.6. The molecule has 0 saturated carbocycles. The highest BCUT2D eigenvalue weighted by molar-refractivity contribution is 7.99. The topological polar surface area (TPSA) is 50.7 Å². The Kier molecular flexibility index (Phi) is 8.40. The van der Waals surface area contributed by atoms with Gasteiger partial charge in [0.05, 0.1) is 34.2 Å². The molecule has 5 heteroatoms. The molecule has 64 heavy (non-hydrogen) atoms. The minimum absolute atomic E-state index is 0.0635. The van der Waals surface area contributed by atoms with Crippen molar-refractivity contribution in [3.63, 3.8) is 0 Å². The number of hydrogen-bond acceptors (Lipinski definition) is 5. The smallest absolute Gasteiger partial charge is 0.0900 e. The summed E-state index contributed by atoms with van der Waals surface area (Å²) >= 11 is 1.89. The zero-order valence-electron chi connectivity index (χ0n) is 34.6. The number of benzene rings is 7. The van der Waals surface area contributed by atoms with Gasteiger partial charge in [-0.15, -0.1) is 0 Å². The van der Waals surface area contributed by atoms with E-state index in [1.165, 1.54) is 71.0 Å². The summed E-state index contributed by atoms with van der Waals surface area (Å²) in [6, 6.07) is 75.0. The number of nitrogens with one attached hydrogen (secondary N) is 1. The van der Waals surface area contributed by atoms with E-state index >= 15 is 0 Å². The molecule has 0 fully saturated rings. The molecule has 1 unspecified atom stereocenters. The summed E-state index contributed by atoms with van der Waals surface area (Å²) in [7, 11) is 0. The molecule has 0 saturated heterocycles. The molecule has 0 amide bonds. The Morgan fingerprint density at radius 1 is 0.391 bits per heavy atom. The maximum Gasteiger partial charge on any atom is 0.0900 e. The summed E-state index contributed by atoms with van der Waals surface area (Å²) in [4.78, 5) is 16.9. The van der Waals surface area contributed by atoms with Gasteiger partial charge in [-0.1, -0.05) is 145 Å². The van der Waals surface area contributed by atoms with E-state index in [2.05, 4.69) is 185 Å². The van der Waals surface area contributed by atoms with Crippen LogP contribution in [0.2, 0.25) is 0 Å². The van der Waals surface area contributed by atoms with E-state index in [0.717, 1.165) is 45.2 Å². The average molecular weight is 835 g/mol.